The van der Waals surface area contributed by atoms with Crippen molar-refractivity contribution in [3.8, 4) is 0 Å². The van der Waals surface area contributed by atoms with Crippen LogP contribution in [0.5, 0.6) is 0 Å². The van der Waals surface area contributed by atoms with E-state index in [9.17, 15) is 4.79 Å². The van der Waals surface area contributed by atoms with Gasteiger partial charge in [-0.2, -0.15) is 0 Å². The van der Waals surface area contributed by atoms with E-state index in [0.717, 1.165) is 24.6 Å². The van der Waals surface area contributed by atoms with Gasteiger partial charge in [0, 0.05) is 5.33 Å². The first-order chi connectivity index (χ1) is 9.90. The molecule has 0 bridgehead atoms. The Hall–Kier alpha value is -0.830. The van der Waals surface area contributed by atoms with Gasteiger partial charge in [-0.1, -0.05) is 53.0 Å². The van der Waals surface area contributed by atoms with Crippen molar-refractivity contribution >= 4 is 21.9 Å². The summed E-state index contributed by atoms with van der Waals surface area (Å²) in [5.41, 5.74) is 2.14. The zero-order valence-electron chi connectivity index (χ0n) is 13.2. The number of hydrogen-bond donors (Lipinski definition) is 0. The van der Waals surface area contributed by atoms with Crippen molar-refractivity contribution in [2.45, 2.75) is 63.3 Å². The van der Waals surface area contributed by atoms with Crippen molar-refractivity contribution in [1.82, 2.24) is 0 Å². The van der Waals surface area contributed by atoms with E-state index >= 15 is 0 Å². The molecule has 1 aromatic carbocycles. The van der Waals surface area contributed by atoms with E-state index in [4.69, 9.17) is 4.74 Å². The van der Waals surface area contributed by atoms with Crippen LogP contribution in [0, 0.1) is 5.92 Å². The molecule has 1 fully saturated rings. The lowest BCUT2D eigenvalue weighted by atomic mass is 9.75. The van der Waals surface area contributed by atoms with Gasteiger partial charge in [-0.3, -0.25) is 4.79 Å². The van der Waals surface area contributed by atoms with Crippen LogP contribution in [0.25, 0.3) is 0 Å². The average molecular weight is 353 g/mol. The van der Waals surface area contributed by atoms with E-state index in [2.05, 4.69) is 40.2 Å². The molecule has 0 heterocycles. The zero-order valence-corrected chi connectivity index (χ0v) is 14.8. The highest BCUT2D eigenvalue weighted by Gasteiger charge is 2.34. The van der Waals surface area contributed by atoms with E-state index in [1.165, 1.54) is 17.5 Å². The Morgan fingerprint density at radius 2 is 1.81 bits per heavy atom. The third-order valence-corrected chi connectivity index (χ3v) is 4.69. The fraction of sp³-hybridized carbons (Fsp3) is 0.611. The number of carbonyl (C=O) groups excluding carboxylic acids is 1. The Balaban J connectivity index is 2.16. The van der Waals surface area contributed by atoms with Gasteiger partial charge in [0.2, 0.25) is 0 Å². The molecule has 1 aliphatic rings. The van der Waals surface area contributed by atoms with Gasteiger partial charge >= 0.3 is 5.97 Å². The molecule has 2 rings (SSSR count). The van der Waals surface area contributed by atoms with E-state index in [1.807, 2.05) is 20.8 Å². The van der Waals surface area contributed by atoms with Crippen molar-refractivity contribution < 1.29 is 9.53 Å². The molecule has 3 heteroatoms. The van der Waals surface area contributed by atoms with Crippen LogP contribution in [0.4, 0.5) is 0 Å². The third kappa shape index (κ3) is 4.57. The Morgan fingerprint density at radius 3 is 2.38 bits per heavy atom. The number of carbonyl (C=O) groups is 1. The van der Waals surface area contributed by atoms with Crippen LogP contribution in [0.3, 0.4) is 0 Å². The predicted molar refractivity (Wildman–Crippen MR) is 89.6 cm³/mol. The fourth-order valence-corrected chi connectivity index (χ4v) is 3.42. The molecule has 1 saturated carbocycles. The number of halogens is 1. The van der Waals surface area contributed by atoms with Crippen molar-refractivity contribution in [3.63, 3.8) is 0 Å². The molecule has 0 radical (unpaired) electrons. The lowest BCUT2D eigenvalue weighted by Crippen LogP contribution is -2.33. The summed E-state index contributed by atoms with van der Waals surface area (Å²) in [5, 5.41) is 0.868. The molecule has 2 atom stereocenters. The van der Waals surface area contributed by atoms with Crippen LogP contribution in [0.15, 0.2) is 24.3 Å². The molecule has 0 aliphatic heterocycles. The van der Waals surface area contributed by atoms with Crippen LogP contribution in [-0.2, 0) is 14.9 Å². The van der Waals surface area contributed by atoms with Gasteiger partial charge in [-0.25, -0.2) is 0 Å². The standard InChI is InChI=1S/C18H25BrO2/c1-18(2,3)21-17(20)16-7-5-4-6-15(16)14-10-8-13(12-19)9-11-14/h8-11,15-16H,4-7,12H2,1-3H3. The molecule has 0 N–H and O–H groups in total. The minimum absolute atomic E-state index is 0.00722. The summed E-state index contributed by atoms with van der Waals surface area (Å²) >= 11 is 3.47. The minimum atomic E-state index is -0.404. The number of esters is 1. The monoisotopic (exact) mass is 352 g/mol. The molecule has 2 nitrogen and oxygen atoms in total. The molecule has 1 aliphatic carbocycles. The maximum atomic E-state index is 12.5. The molecule has 0 aromatic heterocycles. The molecular weight excluding hydrogens is 328 g/mol. The van der Waals surface area contributed by atoms with Crippen LogP contribution in [0.2, 0.25) is 0 Å². The Bertz CT molecular complexity index is 473. The largest absolute Gasteiger partial charge is 0.460 e. The first-order valence-electron chi connectivity index (χ1n) is 7.78. The van der Waals surface area contributed by atoms with E-state index in [1.54, 1.807) is 0 Å². The van der Waals surface area contributed by atoms with Crippen LogP contribution in [-0.4, -0.2) is 11.6 Å². The second kappa shape index (κ2) is 6.95. The number of ether oxygens (including phenoxy) is 1. The lowest BCUT2D eigenvalue weighted by molar-refractivity contribution is -0.161. The van der Waals surface area contributed by atoms with E-state index in [-0.39, 0.29) is 11.9 Å². The van der Waals surface area contributed by atoms with Gasteiger partial charge in [-0.05, 0) is 50.7 Å². The van der Waals surface area contributed by atoms with Crippen LogP contribution in [0.1, 0.15) is 63.5 Å². The van der Waals surface area contributed by atoms with E-state index < -0.39 is 5.60 Å². The van der Waals surface area contributed by atoms with Crippen molar-refractivity contribution in [3.05, 3.63) is 35.4 Å². The zero-order chi connectivity index (χ0) is 15.5. The highest BCUT2D eigenvalue weighted by molar-refractivity contribution is 9.08. The van der Waals surface area contributed by atoms with Crippen LogP contribution < -0.4 is 0 Å². The summed E-state index contributed by atoms with van der Waals surface area (Å²) in [5.74, 6) is 0.280. The van der Waals surface area contributed by atoms with Crippen molar-refractivity contribution in [2.24, 2.45) is 5.92 Å². The summed E-state index contributed by atoms with van der Waals surface area (Å²) < 4.78 is 5.63. The van der Waals surface area contributed by atoms with Gasteiger partial charge < -0.3 is 4.74 Å². The smallest absolute Gasteiger partial charge is 0.310 e. The van der Waals surface area contributed by atoms with Crippen molar-refractivity contribution in [1.29, 1.82) is 0 Å². The number of rotatable bonds is 3. The Morgan fingerprint density at radius 1 is 1.19 bits per heavy atom. The molecule has 21 heavy (non-hydrogen) atoms. The van der Waals surface area contributed by atoms with Gasteiger partial charge in [0.25, 0.3) is 0 Å². The predicted octanol–water partition coefficient (Wildman–Crippen LogP) is 5.20. The summed E-state index contributed by atoms with van der Waals surface area (Å²) in [6.07, 6.45) is 4.35. The number of benzene rings is 1. The molecular formula is C18H25BrO2. The second-order valence-corrected chi connectivity index (χ2v) is 7.47. The molecule has 0 saturated heterocycles. The highest BCUT2D eigenvalue weighted by atomic mass is 79.9. The third-order valence-electron chi connectivity index (χ3n) is 4.04. The SMILES string of the molecule is CC(C)(C)OC(=O)C1CCCCC1c1ccc(CBr)cc1. The van der Waals surface area contributed by atoms with Crippen molar-refractivity contribution in [2.75, 3.05) is 0 Å². The summed E-state index contributed by atoms with van der Waals surface area (Å²) in [4.78, 5) is 12.5. The summed E-state index contributed by atoms with van der Waals surface area (Å²) in [6, 6.07) is 8.63. The normalized spacial score (nSPS) is 22.9. The molecule has 116 valence electrons. The van der Waals surface area contributed by atoms with Gasteiger partial charge in [0.15, 0.2) is 0 Å². The maximum absolute atomic E-state index is 12.5. The van der Waals surface area contributed by atoms with Crippen LogP contribution >= 0.6 is 15.9 Å². The average Bonchev–Trinajstić information content (AvgIpc) is 2.45. The van der Waals surface area contributed by atoms with Gasteiger partial charge in [0.05, 0.1) is 5.92 Å². The van der Waals surface area contributed by atoms with E-state index in [0.29, 0.717) is 5.92 Å². The Kier molecular flexibility index (Phi) is 5.48. The minimum Gasteiger partial charge on any atom is -0.460 e. The quantitative estimate of drug-likeness (QED) is 0.552. The topological polar surface area (TPSA) is 26.3 Å². The van der Waals surface area contributed by atoms with Gasteiger partial charge in [-0.15, -0.1) is 0 Å². The molecule has 0 spiro atoms. The number of alkyl halides is 1. The molecule has 2 unspecified atom stereocenters. The molecule has 1 aromatic rings. The highest BCUT2D eigenvalue weighted by Crippen LogP contribution is 2.39. The maximum Gasteiger partial charge on any atom is 0.310 e. The fourth-order valence-electron chi connectivity index (χ4n) is 3.04. The lowest BCUT2D eigenvalue weighted by Gasteiger charge is -2.32. The van der Waals surface area contributed by atoms with Gasteiger partial charge in [0.1, 0.15) is 5.60 Å². The second-order valence-electron chi connectivity index (χ2n) is 6.91. The first-order valence-corrected chi connectivity index (χ1v) is 8.90. The Labute approximate surface area is 136 Å². The summed E-state index contributed by atoms with van der Waals surface area (Å²) in [7, 11) is 0. The summed E-state index contributed by atoms with van der Waals surface area (Å²) in [6.45, 7) is 5.81. The first kappa shape index (κ1) is 16.5. The molecule has 0 amide bonds. The number of hydrogen-bond acceptors (Lipinski definition) is 2.